The van der Waals surface area contributed by atoms with E-state index in [2.05, 4.69) is 94.2 Å². The Balaban J connectivity index is 1.76. The standard InChI is InChI=1S/C31H41O3PSi/c1-8-31(9-2)29-20-23(22-35(32,33-10-3)34-11-4)12-18-27(29)28-19-15-25(21-30(28)31)24-13-16-26(17-14-24)36(5,6)7/h12-21H,8-11,22H2,1-7H3. The Morgan fingerprint density at radius 3 is 1.78 bits per heavy atom. The highest BCUT2D eigenvalue weighted by Crippen LogP contribution is 2.56. The van der Waals surface area contributed by atoms with E-state index >= 15 is 0 Å². The molecule has 36 heavy (non-hydrogen) atoms. The minimum atomic E-state index is -3.16. The van der Waals surface area contributed by atoms with Crippen LogP contribution in [0.1, 0.15) is 57.2 Å². The summed E-state index contributed by atoms with van der Waals surface area (Å²) in [7, 11) is -4.48. The minimum absolute atomic E-state index is 0.0594. The lowest BCUT2D eigenvalue weighted by Gasteiger charge is -2.30. The van der Waals surface area contributed by atoms with Crippen molar-refractivity contribution in [2.45, 2.75) is 71.8 Å². The molecule has 0 unspecified atom stereocenters. The van der Waals surface area contributed by atoms with Crippen LogP contribution in [-0.2, 0) is 25.2 Å². The molecule has 0 saturated heterocycles. The molecule has 1 aliphatic rings. The average Bonchev–Trinajstić information content (AvgIpc) is 3.12. The van der Waals surface area contributed by atoms with Crippen LogP contribution in [0.25, 0.3) is 22.3 Å². The highest BCUT2D eigenvalue weighted by molar-refractivity contribution is 7.53. The molecule has 1 aliphatic carbocycles. The summed E-state index contributed by atoms with van der Waals surface area (Å²) >= 11 is 0. The summed E-state index contributed by atoms with van der Waals surface area (Å²) in [6.07, 6.45) is 2.33. The van der Waals surface area contributed by atoms with E-state index in [1.807, 2.05) is 13.8 Å². The molecule has 192 valence electrons. The first kappa shape index (κ1) is 27.1. The molecule has 0 aliphatic heterocycles. The molecule has 0 atom stereocenters. The Kier molecular flexibility index (Phi) is 7.83. The number of hydrogen-bond acceptors (Lipinski definition) is 3. The molecule has 4 rings (SSSR count). The van der Waals surface area contributed by atoms with Gasteiger partial charge in [0.1, 0.15) is 0 Å². The van der Waals surface area contributed by atoms with E-state index in [4.69, 9.17) is 9.05 Å². The summed E-state index contributed by atoms with van der Waals surface area (Å²) in [4.78, 5) is 0. The highest BCUT2D eigenvalue weighted by Gasteiger charge is 2.41. The molecule has 0 saturated carbocycles. The molecule has 5 heteroatoms. The Labute approximate surface area is 218 Å². The van der Waals surface area contributed by atoms with Crippen LogP contribution in [0.3, 0.4) is 0 Å². The molecule has 3 aromatic carbocycles. The van der Waals surface area contributed by atoms with Gasteiger partial charge in [-0.25, -0.2) is 0 Å². The largest absolute Gasteiger partial charge is 0.335 e. The number of hydrogen-bond donors (Lipinski definition) is 0. The SMILES string of the molecule is CCOP(=O)(Cc1ccc2c(c1)C(CC)(CC)c1cc(-c3ccc([Si](C)(C)C)cc3)ccc1-2)OCC. The van der Waals surface area contributed by atoms with Crippen molar-refractivity contribution in [3.8, 4) is 22.3 Å². The zero-order valence-electron chi connectivity index (χ0n) is 23.0. The number of rotatable bonds is 10. The molecule has 0 N–H and O–H groups in total. The maximum atomic E-state index is 13.2. The van der Waals surface area contributed by atoms with Crippen molar-refractivity contribution in [2.24, 2.45) is 0 Å². The summed E-state index contributed by atoms with van der Waals surface area (Å²) in [6.45, 7) is 16.2. The van der Waals surface area contributed by atoms with Gasteiger partial charge >= 0.3 is 7.60 Å². The first-order chi connectivity index (χ1) is 17.1. The molecular weight excluding hydrogens is 479 g/mol. The summed E-state index contributed by atoms with van der Waals surface area (Å²) in [5, 5.41) is 1.49. The Hall–Kier alpha value is -1.97. The van der Waals surface area contributed by atoms with Gasteiger partial charge in [0.15, 0.2) is 0 Å². The summed E-state index contributed by atoms with van der Waals surface area (Å²) in [5.41, 5.74) is 8.85. The van der Waals surface area contributed by atoms with Gasteiger partial charge in [-0.05, 0) is 71.7 Å². The third kappa shape index (κ3) is 4.94. The van der Waals surface area contributed by atoms with Crippen molar-refractivity contribution in [3.05, 3.63) is 77.4 Å². The van der Waals surface area contributed by atoms with E-state index in [-0.39, 0.29) is 5.41 Å². The van der Waals surface area contributed by atoms with E-state index < -0.39 is 15.7 Å². The van der Waals surface area contributed by atoms with Crippen LogP contribution in [-0.4, -0.2) is 21.3 Å². The summed E-state index contributed by atoms with van der Waals surface area (Å²) in [6, 6.07) is 22.7. The Morgan fingerprint density at radius 1 is 0.722 bits per heavy atom. The normalized spacial score (nSPS) is 14.5. The van der Waals surface area contributed by atoms with Crippen LogP contribution in [0, 0.1) is 0 Å². The fraction of sp³-hybridized carbons (Fsp3) is 0.419. The first-order valence-corrected chi connectivity index (χ1v) is 18.6. The highest BCUT2D eigenvalue weighted by atomic mass is 31.2. The molecule has 0 radical (unpaired) electrons. The van der Waals surface area contributed by atoms with Crippen LogP contribution in [0.4, 0.5) is 0 Å². The van der Waals surface area contributed by atoms with Crippen LogP contribution in [0.15, 0.2) is 60.7 Å². The van der Waals surface area contributed by atoms with Gasteiger partial charge in [0.05, 0.1) is 27.4 Å². The average molecular weight is 521 g/mol. The second-order valence-electron chi connectivity index (χ2n) is 10.9. The zero-order chi connectivity index (χ0) is 26.1. The lowest BCUT2D eigenvalue weighted by atomic mass is 9.73. The molecule has 3 nitrogen and oxygen atoms in total. The quantitative estimate of drug-likeness (QED) is 0.198. The van der Waals surface area contributed by atoms with Gasteiger partial charge in [0, 0.05) is 5.41 Å². The molecule has 0 fully saturated rings. The predicted octanol–water partition coefficient (Wildman–Crippen LogP) is 8.75. The Bertz CT molecular complexity index is 1260. The van der Waals surface area contributed by atoms with Crippen LogP contribution < -0.4 is 5.19 Å². The van der Waals surface area contributed by atoms with Crippen molar-refractivity contribution in [1.29, 1.82) is 0 Å². The fourth-order valence-electron chi connectivity index (χ4n) is 5.74. The Morgan fingerprint density at radius 2 is 1.25 bits per heavy atom. The van der Waals surface area contributed by atoms with Crippen molar-refractivity contribution in [1.82, 2.24) is 0 Å². The van der Waals surface area contributed by atoms with Gasteiger partial charge < -0.3 is 9.05 Å². The van der Waals surface area contributed by atoms with Crippen LogP contribution >= 0.6 is 7.60 Å². The van der Waals surface area contributed by atoms with Gasteiger partial charge in [-0.15, -0.1) is 0 Å². The fourth-order valence-corrected chi connectivity index (χ4v) is 8.59. The number of fused-ring (bicyclic) bond motifs is 3. The monoisotopic (exact) mass is 520 g/mol. The summed E-state index contributed by atoms with van der Waals surface area (Å²) < 4.78 is 24.4. The predicted molar refractivity (Wildman–Crippen MR) is 156 cm³/mol. The van der Waals surface area contributed by atoms with Crippen molar-refractivity contribution >= 4 is 20.9 Å². The van der Waals surface area contributed by atoms with E-state index in [9.17, 15) is 4.57 Å². The van der Waals surface area contributed by atoms with Gasteiger partial charge in [0.25, 0.3) is 0 Å². The lowest BCUT2D eigenvalue weighted by Crippen LogP contribution is -2.37. The van der Waals surface area contributed by atoms with Crippen molar-refractivity contribution in [3.63, 3.8) is 0 Å². The second-order valence-corrected chi connectivity index (χ2v) is 18.0. The third-order valence-electron chi connectivity index (χ3n) is 7.74. The maximum absolute atomic E-state index is 13.2. The van der Waals surface area contributed by atoms with E-state index in [0.29, 0.717) is 19.4 Å². The second kappa shape index (κ2) is 10.4. The topological polar surface area (TPSA) is 35.5 Å². The third-order valence-corrected chi connectivity index (χ3v) is 11.9. The molecule has 0 heterocycles. The molecule has 0 bridgehead atoms. The van der Waals surface area contributed by atoms with Gasteiger partial charge in [-0.1, -0.05) is 93.3 Å². The van der Waals surface area contributed by atoms with Gasteiger partial charge in [0.2, 0.25) is 0 Å². The van der Waals surface area contributed by atoms with E-state index in [0.717, 1.165) is 18.4 Å². The molecular formula is C31H41O3PSi. The van der Waals surface area contributed by atoms with E-state index in [1.54, 1.807) is 0 Å². The molecule has 0 amide bonds. The smallest absolute Gasteiger partial charge is 0.309 e. The van der Waals surface area contributed by atoms with Crippen LogP contribution in [0.5, 0.6) is 0 Å². The first-order valence-electron chi connectivity index (χ1n) is 13.4. The zero-order valence-corrected chi connectivity index (χ0v) is 24.9. The van der Waals surface area contributed by atoms with E-state index in [1.165, 1.54) is 38.6 Å². The molecule has 3 aromatic rings. The molecule has 0 spiro atoms. The van der Waals surface area contributed by atoms with Crippen molar-refractivity contribution < 1.29 is 13.6 Å². The van der Waals surface area contributed by atoms with Crippen LogP contribution in [0.2, 0.25) is 19.6 Å². The summed E-state index contributed by atoms with van der Waals surface area (Å²) in [5.74, 6) is 0. The van der Waals surface area contributed by atoms with Crippen molar-refractivity contribution in [2.75, 3.05) is 13.2 Å². The minimum Gasteiger partial charge on any atom is -0.309 e. The molecule has 0 aromatic heterocycles. The van der Waals surface area contributed by atoms with Gasteiger partial charge in [-0.2, -0.15) is 0 Å². The lowest BCUT2D eigenvalue weighted by molar-refractivity contribution is 0.219. The number of benzene rings is 3. The maximum Gasteiger partial charge on any atom is 0.335 e. The van der Waals surface area contributed by atoms with Gasteiger partial charge in [-0.3, -0.25) is 4.57 Å².